The van der Waals surface area contributed by atoms with Crippen LogP contribution < -0.4 is 10.6 Å². The zero-order chi connectivity index (χ0) is 16.9. The normalized spacial score (nSPS) is 20.8. The Hall–Kier alpha value is -1.88. The number of anilines is 1. The molecule has 4 nitrogen and oxygen atoms in total. The molecule has 0 spiro atoms. The van der Waals surface area contributed by atoms with Crippen molar-refractivity contribution in [1.82, 2.24) is 10.3 Å². The lowest BCUT2D eigenvalue weighted by Crippen LogP contribution is -2.40. The van der Waals surface area contributed by atoms with E-state index >= 15 is 0 Å². The predicted molar refractivity (Wildman–Crippen MR) is 100 cm³/mol. The van der Waals surface area contributed by atoms with E-state index in [0.717, 1.165) is 42.1 Å². The molecule has 1 heterocycles. The van der Waals surface area contributed by atoms with Crippen molar-refractivity contribution in [2.24, 2.45) is 5.92 Å². The highest BCUT2D eigenvalue weighted by Crippen LogP contribution is 2.30. The summed E-state index contributed by atoms with van der Waals surface area (Å²) in [5.41, 5.74) is 2.15. The average molecular weight is 343 g/mol. The van der Waals surface area contributed by atoms with Gasteiger partial charge in [-0.1, -0.05) is 36.8 Å². The minimum atomic E-state index is 0.118. The second-order valence-electron chi connectivity index (χ2n) is 6.77. The number of amides is 1. The summed E-state index contributed by atoms with van der Waals surface area (Å²) in [5, 5.41) is 9.61. The Balaban J connectivity index is 1.60. The number of aromatic nitrogens is 1. The van der Waals surface area contributed by atoms with Crippen LogP contribution in [0.2, 0.25) is 0 Å². The molecule has 0 radical (unpaired) electrons. The van der Waals surface area contributed by atoms with Gasteiger partial charge in [0.05, 0.1) is 5.69 Å². The van der Waals surface area contributed by atoms with Gasteiger partial charge in [-0.25, -0.2) is 4.98 Å². The van der Waals surface area contributed by atoms with Crippen molar-refractivity contribution >= 4 is 22.4 Å². The van der Waals surface area contributed by atoms with E-state index in [-0.39, 0.29) is 17.9 Å². The summed E-state index contributed by atoms with van der Waals surface area (Å²) in [7, 11) is 0. The fourth-order valence-electron chi connectivity index (χ4n) is 3.22. The molecule has 2 unspecified atom stereocenters. The highest BCUT2D eigenvalue weighted by molar-refractivity contribution is 7.14. The zero-order valence-corrected chi connectivity index (χ0v) is 15.1. The fraction of sp³-hybridized carbons (Fsp3) is 0.474. The van der Waals surface area contributed by atoms with E-state index in [1.165, 1.54) is 0 Å². The van der Waals surface area contributed by atoms with Crippen LogP contribution >= 0.6 is 11.3 Å². The van der Waals surface area contributed by atoms with Gasteiger partial charge >= 0.3 is 0 Å². The third-order valence-corrected chi connectivity index (χ3v) is 5.15. The standard InChI is InChI=1S/C19H25N3OS/c1-13(2)20-18(23)15-9-6-10-16(11-15)21-19-22-17(12-24-19)14-7-4-3-5-8-14/h3-5,7-8,12-13,15-16H,6,9-11H2,1-2H3,(H,20,23)(H,21,22). The molecular weight excluding hydrogens is 318 g/mol. The molecule has 2 N–H and O–H groups in total. The topological polar surface area (TPSA) is 54.0 Å². The maximum Gasteiger partial charge on any atom is 0.223 e. The Bertz CT molecular complexity index is 668. The van der Waals surface area contributed by atoms with Crippen molar-refractivity contribution in [3.8, 4) is 11.3 Å². The average Bonchev–Trinajstić information content (AvgIpc) is 3.04. The number of carbonyl (C=O) groups is 1. The summed E-state index contributed by atoms with van der Waals surface area (Å²) in [6.07, 6.45) is 4.07. The third-order valence-electron chi connectivity index (χ3n) is 4.38. The minimum absolute atomic E-state index is 0.118. The SMILES string of the molecule is CC(C)NC(=O)C1CCCC(Nc2nc(-c3ccccc3)cs2)C1. The number of carbonyl (C=O) groups excluding carboxylic acids is 1. The molecule has 1 amide bonds. The first-order valence-electron chi connectivity index (χ1n) is 8.69. The van der Waals surface area contributed by atoms with Crippen molar-refractivity contribution in [3.63, 3.8) is 0 Å². The lowest BCUT2D eigenvalue weighted by molar-refractivity contribution is -0.126. The van der Waals surface area contributed by atoms with E-state index in [1.54, 1.807) is 11.3 Å². The monoisotopic (exact) mass is 343 g/mol. The number of nitrogens with one attached hydrogen (secondary N) is 2. The fourth-order valence-corrected chi connectivity index (χ4v) is 4.02. The van der Waals surface area contributed by atoms with Gasteiger partial charge in [0.25, 0.3) is 0 Å². The molecule has 24 heavy (non-hydrogen) atoms. The molecule has 1 saturated carbocycles. The summed E-state index contributed by atoms with van der Waals surface area (Å²) < 4.78 is 0. The third kappa shape index (κ3) is 4.35. The Labute approximate surface area is 147 Å². The number of thiazole rings is 1. The Morgan fingerprint density at radius 1 is 1.25 bits per heavy atom. The molecule has 0 bridgehead atoms. The first-order chi connectivity index (χ1) is 11.6. The van der Waals surface area contributed by atoms with Crippen LogP contribution in [0.1, 0.15) is 39.5 Å². The van der Waals surface area contributed by atoms with Gasteiger partial charge in [0.2, 0.25) is 5.91 Å². The molecule has 0 aliphatic heterocycles. The number of hydrogen-bond acceptors (Lipinski definition) is 4. The Kier molecular flexibility index (Phi) is 5.51. The molecule has 1 aliphatic carbocycles. The van der Waals surface area contributed by atoms with Gasteiger partial charge in [-0.15, -0.1) is 11.3 Å². The largest absolute Gasteiger partial charge is 0.359 e. The first-order valence-corrected chi connectivity index (χ1v) is 9.57. The number of benzene rings is 1. The van der Waals surface area contributed by atoms with Crippen molar-refractivity contribution < 1.29 is 4.79 Å². The molecule has 2 aromatic rings. The lowest BCUT2D eigenvalue weighted by atomic mass is 9.85. The molecule has 5 heteroatoms. The Morgan fingerprint density at radius 2 is 2.04 bits per heavy atom. The summed E-state index contributed by atoms with van der Waals surface area (Å²) in [5.74, 6) is 0.313. The smallest absolute Gasteiger partial charge is 0.223 e. The number of hydrogen-bond donors (Lipinski definition) is 2. The Morgan fingerprint density at radius 3 is 2.79 bits per heavy atom. The quantitative estimate of drug-likeness (QED) is 0.851. The van der Waals surface area contributed by atoms with E-state index in [4.69, 9.17) is 4.98 Å². The molecule has 128 valence electrons. The summed E-state index contributed by atoms with van der Waals surface area (Å²) >= 11 is 1.64. The van der Waals surface area contributed by atoms with Crippen LogP contribution in [-0.4, -0.2) is 23.0 Å². The van der Waals surface area contributed by atoms with Crippen molar-refractivity contribution in [1.29, 1.82) is 0 Å². The molecule has 0 saturated heterocycles. The summed E-state index contributed by atoms with van der Waals surface area (Å²) in [6.45, 7) is 4.02. The second-order valence-corrected chi connectivity index (χ2v) is 7.63. The molecule has 3 rings (SSSR count). The molecule has 2 atom stereocenters. The van der Waals surface area contributed by atoms with Crippen LogP contribution in [0.4, 0.5) is 5.13 Å². The maximum atomic E-state index is 12.2. The van der Waals surface area contributed by atoms with Crippen LogP contribution in [-0.2, 0) is 4.79 Å². The van der Waals surface area contributed by atoms with Gasteiger partial charge in [-0.05, 0) is 33.1 Å². The summed E-state index contributed by atoms with van der Waals surface area (Å²) in [4.78, 5) is 16.9. The number of nitrogens with zero attached hydrogens (tertiary/aromatic N) is 1. The van der Waals surface area contributed by atoms with Crippen LogP contribution in [0.15, 0.2) is 35.7 Å². The maximum absolute atomic E-state index is 12.2. The highest BCUT2D eigenvalue weighted by Gasteiger charge is 2.27. The minimum Gasteiger partial charge on any atom is -0.359 e. The van der Waals surface area contributed by atoms with Gasteiger partial charge in [-0.2, -0.15) is 0 Å². The van der Waals surface area contributed by atoms with Gasteiger partial charge in [0.15, 0.2) is 5.13 Å². The van der Waals surface area contributed by atoms with Crippen LogP contribution in [0.5, 0.6) is 0 Å². The molecule has 1 aromatic carbocycles. The van der Waals surface area contributed by atoms with Crippen molar-refractivity contribution in [3.05, 3.63) is 35.7 Å². The molecule has 1 aliphatic rings. The first kappa shape index (κ1) is 17.0. The predicted octanol–water partition coefficient (Wildman–Crippen LogP) is 4.31. The molecule has 1 aromatic heterocycles. The van der Waals surface area contributed by atoms with Crippen LogP contribution in [0, 0.1) is 5.92 Å². The van der Waals surface area contributed by atoms with Gasteiger partial charge < -0.3 is 10.6 Å². The highest BCUT2D eigenvalue weighted by atomic mass is 32.1. The van der Waals surface area contributed by atoms with Crippen LogP contribution in [0.3, 0.4) is 0 Å². The van der Waals surface area contributed by atoms with Crippen molar-refractivity contribution in [2.75, 3.05) is 5.32 Å². The van der Waals surface area contributed by atoms with Gasteiger partial charge in [-0.3, -0.25) is 4.79 Å². The van der Waals surface area contributed by atoms with E-state index in [0.29, 0.717) is 6.04 Å². The second kappa shape index (κ2) is 7.79. The van der Waals surface area contributed by atoms with Gasteiger partial charge in [0, 0.05) is 28.9 Å². The van der Waals surface area contributed by atoms with E-state index in [9.17, 15) is 4.79 Å². The van der Waals surface area contributed by atoms with Crippen LogP contribution in [0.25, 0.3) is 11.3 Å². The van der Waals surface area contributed by atoms with E-state index in [2.05, 4.69) is 28.1 Å². The molecule has 1 fully saturated rings. The number of rotatable bonds is 5. The van der Waals surface area contributed by atoms with Gasteiger partial charge in [0.1, 0.15) is 0 Å². The van der Waals surface area contributed by atoms with E-state index in [1.807, 2.05) is 32.0 Å². The van der Waals surface area contributed by atoms with E-state index < -0.39 is 0 Å². The van der Waals surface area contributed by atoms with Crippen molar-refractivity contribution in [2.45, 2.75) is 51.6 Å². The lowest BCUT2D eigenvalue weighted by Gasteiger charge is -2.29. The summed E-state index contributed by atoms with van der Waals surface area (Å²) in [6, 6.07) is 10.8. The zero-order valence-electron chi connectivity index (χ0n) is 14.3. The molecular formula is C19H25N3OS.